The van der Waals surface area contributed by atoms with E-state index in [0.717, 1.165) is 17.0 Å². The second-order valence-electron chi connectivity index (χ2n) is 4.86. The number of rotatable bonds is 2. The predicted molar refractivity (Wildman–Crippen MR) is 75.5 cm³/mol. The second kappa shape index (κ2) is 4.16. The lowest BCUT2D eigenvalue weighted by Crippen LogP contribution is -2.09. The summed E-state index contributed by atoms with van der Waals surface area (Å²) in [7, 11) is 0. The van der Waals surface area contributed by atoms with Crippen molar-refractivity contribution in [2.75, 3.05) is 0 Å². The molecule has 1 aliphatic rings. The summed E-state index contributed by atoms with van der Waals surface area (Å²) in [5.41, 5.74) is 4.13. The van der Waals surface area contributed by atoms with E-state index in [0.29, 0.717) is 11.1 Å². The quantitative estimate of drug-likeness (QED) is 0.620. The number of nitro groups is 1. The molecule has 0 saturated carbocycles. The van der Waals surface area contributed by atoms with Crippen molar-refractivity contribution >= 4 is 23.2 Å². The molecule has 0 spiro atoms. The summed E-state index contributed by atoms with van der Waals surface area (Å²) >= 11 is 0. The van der Waals surface area contributed by atoms with Crippen LogP contribution in [0.15, 0.2) is 30.3 Å². The van der Waals surface area contributed by atoms with Gasteiger partial charge in [0.25, 0.3) is 11.6 Å². The third-order valence-corrected chi connectivity index (χ3v) is 3.53. The first-order valence-electron chi connectivity index (χ1n) is 6.19. The van der Waals surface area contributed by atoms with Crippen LogP contribution in [0.5, 0.6) is 0 Å². The maximum absolute atomic E-state index is 12.4. The minimum Gasteiger partial charge on any atom is -0.281 e. The number of hydrogen-bond donors (Lipinski definition) is 0. The zero-order valence-corrected chi connectivity index (χ0v) is 11.1. The Morgan fingerprint density at radius 2 is 1.80 bits per heavy atom. The Morgan fingerprint density at radius 1 is 1.15 bits per heavy atom. The first kappa shape index (κ1) is 12.3. The number of benzene rings is 1. The molecule has 0 unspecified atom stereocenters. The lowest BCUT2D eigenvalue weighted by atomic mass is 10.0. The SMILES string of the molecule is Cc1cc(C)n2c1C=C(c1ccc([N+](=O)[O-])cc1)C2=O. The minimum atomic E-state index is -0.452. The van der Waals surface area contributed by atoms with Gasteiger partial charge < -0.3 is 0 Å². The van der Waals surface area contributed by atoms with Gasteiger partial charge >= 0.3 is 0 Å². The molecule has 5 nitrogen and oxygen atoms in total. The Labute approximate surface area is 115 Å². The van der Waals surface area contributed by atoms with Crippen LogP contribution in [-0.2, 0) is 0 Å². The molecular formula is C15H12N2O3. The van der Waals surface area contributed by atoms with Crippen molar-refractivity contribution in [3.63, 3.8) is 0 Å². The average Bonchev–Trinajstić information content (AvgIpc) is 2.89. The van der Waals surface area contributed by atoms with E-state index >= 15 is 0 Å². The van der Waals surface area contributed by atoms with E-state index in [1.165, 1.54) is 12.1 Å². The van der Waals surface area contributed by atoms with Crippen LogP contribution in [-0.4, -0.2) is 15.4 Å². The number of aryl methyl sites for hydroxylation is 2. The summed E-state index contributed by atoms with van der Waals surface area (Å²) < 4.78 is 1.67. The fourth-order valence-electron chi connectivity index (χ4n) is 2.55. The molecule has 0 radical (unpaired) electrons. The van der Waals surface area contributed by atoms with Gasteiger partial charge in [-0.2, -0.15) is 0 Å². The van der Waals surface area contributed by atoms with Crippen LogP contribution >= 0.6 is 0 Å². The van der Waals surface area contributed by atoms with Crippen molar-refractivity contribution in [3.8, 4) is 0 Å². The topological polar surface area (TPSA) is 65.1 Å². The number of aromatic nitrogens is 1. The predicted octanol–water partition coefficient (Wildman–Crippen LogP) is 3.21. The number of nitro benzene ring substituents is 1. The largest absolute Gasteiger partial charge is 0.281 e. The van der Waals surface area contributed by atoms with Crippen LogP contribution in [0.4, 0.5) is 5.69 Å². The molecule has 0 saturated heterocycles. The van der Waals surface area contributed by atoms with Crippen LogP contribution in [0.2, 0.25) is 0 Å². The first-order chi connectivity index (χ1) is 9.49. The number of nitrogens with zero attached hydrogens (tertiary/aromatic N) is 2. The van der Waals surface area contributed by atoms with Gasteiger partial charge in [-0.1, -0.05) is 0 Å². The maximum Gasteiger partial charge on any atom is 0.269 e. The highest BCUT2D eigenvalue weighted by molar-refractivity contribution is 6.29. The standard InChI is InChI=1S/C15H12N2O3/c1-9-7-10(2)16-14(9)8-13(15(16)18)11-3-5-12(6-4-11)17(19)20/h3-8H,1-2H3. The van der Waals surface area contributed by atoms with Gasteiger partial charge in [-0.15, -0.1) is 0 Å². The number of non-ortho nitro benzene ring substituents is 1. The lowest BCUT2D eigenvalue weighted by Gasteiger charge is -2.03. The fourth-order valence-corrected chi connectivity index (χ4v) is 2.55. The maximum atomic E-state index is 12.4. The molecule has 0 atom stereocenters. The van der Waals surface area contributed by atoms with E-state index in [9.17, 15) is 14.9 Å². The van der Waals surface area contributed by atoms with Gasteiger partial charge in [0.2, 0.25) is 0 Å². The number of carbonyl (C=O) groups is 1. The van der Waals surface area contributed by atoms with E-state index in [1.54, 1.807) is 16.7 Å². The molecule has 20 heavy (non-hydrogen) atoms. The molecule has 100 valence electrons. The van der Waals surface area contributed by atoms with Crippen molar-refractivity contribution in [1.29, 1.82) is 0 Å². The lowest BCUT2D eigenvalue weighted by molar-refractivity contribution is -0.384. The summed E-state index contributed by atoms with van der Waals surface area (Å²) in [6.07, 6.45) is 1.84. The van der Waals surface area contributed by atoms with E-state index in [1.807, 2.05) is 26.0 Å². The molecule has 1 aromatic carbocycles. The summed E-state index contributed by atoms with van der Waals surface area (Å²) in [5.74, 6) is -0.0838. The molecule has 0 bridgehead atoms. The third-order valence-electron chi connectivity index (χ3n) is 3.53. The Hall–Kier alpha value is -2.69. The molecular weight excluding hydrogens is 256 g/mol. The van der Waals surface area contributed by atoms with Crippen molar-refractivity contribution in [1.82, 2.24) is 4.57 Å². The van der Waals surface area contributed by atoms with Gasteiger partial charge in [-0.25, -0.2) is 0 Å². The van der Waals surface area contributed by atoms with Crippen molar-refractivity contribution in [3.05, 3.63) is 63.0 Å². The molecule has 3 rings (SSSR count). The number of fused-ring (bicyclic) bond motifs is 1. The molecule has 0 fully saturated rings. The number of hydrogen-bond acceptors (Lipinski definition) is 3. The highest BCUT2D eigenvalue weighted by atomic mass is 16.6. The third kappa shape index (κ3) is 1.67. The Kier molecular flexibility index (Phi) is 2.57. The van der Waals surface area contributed by atoms with Crippen molar-refractivity contribution in [2.45, 2.75) is 13.8 Å². The van der Waals surface area contributed by atoms with Gasteiger partial charge in [0.05, 0.1) is 10.6 Å². The van der Waals surface area contributed by atoms with Crippen LogP contribution in [0.3, 0.4) is 0 Å². The van der Waals surface area contributed by atoms with E-state index in [-0.39, 0.29) is 11.6 Å². The van der Waals surface area contributed by atoms with E-state index in [2.05, 4.69) is 0 Å². The van der Waals surface area contributed by atoms with Gasteiger partial charge in [0, 0.05) is 23.4 Å². The van der Waals surface area contributed by atoms with Crippen LogP contribution in [0, 0.1) is 24.0 Å². The number of allylic oxidation sites excluding steroid dienone is 1. The van der Waals surface area contributed by atoms with Gasteiger partial charge in [0.1, 0.15) is 0 Å². The van der Waals surface area contributed by atoms with Crippen LogP contribution < -0.4 is 0 Å². The van der Waals surface area contributed by atoms with Crippen molar-refractivity contribution in [2.24, 2.45) is 0 Å². The van der Waals surface area contributed by atoms with Crippen LogP contribution in [0.1, 0.15) is 27.3 Å². The van der Waals surface area contributed by atoms with E-state index in [4.69, 9.17) is 0 Å². The Morgan fingerprint density at radius 3 is 2.35 bits per heavy atom. The molecule has 2 aromatic rings. The number of carbonyl (C=O) groups excluding carboxylic acids is 1. The monoisotopic (exact) mass is 268 g/mol. The second-order valence-corrected chi connectivity index (χ2v) is 4.86. The molecule has 0 aliphatic carbocycles. The summed E-state index contributed by atoms with van der Waals surface area (Å²) in [6, 6.07) is 8.02. The highest BCUT2D eigenvalue weighted by Gasteiger charge is 2.26. The summed E-state index contributed by atoms with van der Waals surface area (Å²) in [4.78, 5) is 22.6. The summed E-state index contributed by atoms with van der Waals surface area (Å²) in [5, 5.41) is 10.6. The molecule has 1 aliphatic heterocycles. The van der Waals surface area contributed by atoms with Gasteiger partial charge in [0.15, 0.2) is 0 Å². The molecule has 5 heteroatoms. The molecule has 1 aromatic heterocycles. The van der Waals surface area contributed by atoms with Crippen LogP contribution in [0.25, 0.3) is 11.6 Å². The molecule has 2 heterocycles. The first-order valence-corrected chi connectivity index (χ1v) is 6.19. The summed E-state index contributed by atoms with van der Waals surface area (Å²) in [6.45, 7) is 3.85. The average molecular weight is 268 g/mol. The smallest absolute Gasteiger partial charge is 0.269 e. The Balaban J connectivity index is 2.05. The highest BCUT2D eigenvalue weighted by Crippen LogP contribution is 2.31. The van der Waals surface area contributed by atoms with E-state index < -0.39 is 4.92 Å². The molecule has 0 N–H and O–H groups in total. The van der Waals surface area contributed by atoms with Crippen molar-refractivity contribution < 1.29 is 9.72 Å². The molecule has 0 amide bonds. The normalized spacial score (nSPS) is 13.3. The fraction of sp³-hybridized carbons (Fsp3) is 0.133. The Bertz CT molecular complexity index is 767. The zero-order chi connectivity index (χ0) is 14.4. The minimum absolute atomic E-state index is 0.0202. The van der Waals surface area contributed by atoms with Gasteiger partial charge in [-0.3, -0.25) is 19.5 Å². The zero-order valence-electron chi connectivity index (χ0n) is 11.1. The van der Waals surface area contributed by atoms with Gasteiger partial charge in [-0.05, 0) is 49.2 Å².